The summed E-state index contributed by atoms with van der Waals surface area (Å²) in [5, 5.41) is 15.1. The van der Waals surface area contributed by atoms with Crippen molar-refractivity contribution in [3.05, 3.63) is 96.4 Å². The van der Waals surface area contributed by atoms with Crippen LogP contribution in [0.3, 0.4) is 0 Å². The SMILES string of the molecule is CC(C)c1cc(NC(=O)NCc2cc3c(s2)C(=O)N(C2CCC(=O)NC2=O)C3)cc(N(C)C)c1.CN(C)c1ccc(CC(=O)NCc2scc3c2CN(C2CCC(=O)NC2=O)C3=O)cc1. The molecule has 2 atom stereocenters. The number of hydrogen-bond donors (Lipinski definition) is 5. The summed E-state index contributed by atoms with van der Waals surface area (Å²) in [6.07, 6.45) is 1.42. The molecule has 19 heteroatoms. The normalized spacial score (nSPS) is 17.8. The summed E-state index contributed by atoms with van der Waals surface area (Å²) in [7, 11) is 7.85. The molecule has 65 heavy (non-hydrogen) atoms. The lowest BCUT2D eigenvalue weighted by Crippen LogP contribution is -2.52. The highest BCUT2D eigenvalue weighted by Crippen LogP contribution is 2.35. The lowest BCUT2D eigenvalue weighted by atomic mass is 10.0. The minimum atomic E-state index is -0.629. The molecule has 0 saturated carbocycles. The first-order valence-corrected chi connectivity index (χ1v) is 23.1. The number of nitrogens with zero attached hydrogens (tertiary/aromatic N) is 4. The highest BCUT2D eigenvalue weighted by Gasteiger charge is 2.42. The average molecular weight is 924 g/mol. The van der Waals surface area contributed by atoms with E-state index < -0.39 is 23.9 Å². The Labute approximate surface area is 384 Å². The van der Waals surface area contributed by atoms with E-state index >= 15 is 0 Å². The van der Waals surface area contributed by atoms with Crippen LogP contribution in [0.25, 0.3) is 0 Å². The molecule has 9 amide bonds. The second kappa shape index (κ2) is 19.6. The van der Waals surface area contributed by atoms with E-state index in [0.717, 1.165) is 49.1 Å². The number of carbonyl (C=O) groups is 8. The van der Waals surface area contributed by atoms with E-state index in [1.807, 2.05) is 80.5 Å². The molecular formula is C46H53N9O8S2. The van der Waals surface area contributed by atoms with E-state index in [9.17, 15) is 38.4 Å². The van der Waals surface area contributed by atoms with Gasteiger partial charge in [-0.25, -0.2) is 4.79 Å². The number of benzene rings is 2. The minimum Gasteiger partial charge on any atom is -0.378 e. The molecule has 5 N–H and O–H groups in total. The summed E-state index contributed by atoms with van der Waals surface area (Å²) in [4.78, 5) is 107. The average Bonchev–Trinajstić information content (AvgIpc) is 4.01. The molecule has 342 valence electrons. The number of fused-ring (bicyclic) bond motifs is 2. The lowest BCUT2D eigenvalue weighted by molar-refractivity contribution is -0.138. The van der Waals surface area contributed by atoms with Gasteiger partial charge in [-0.2, -0.15) is 0 Å². The molecule has 17 nitrogen and oxygen atoms in total. The van der Waals surface area contributed by atoms with Crippen molar-refractivity contribution in [2.24, 2.45) is 0 Å². The first-order valence-electron chi connectivity index (χ1n) is 21.4. The molecule has 2 aromatic heterocycles. The van der Waals surface area contributed by atoms with E-state index in [2.05, 4.69) is 46.5 Å². The number of thiophene rings is 2. The van der Waals surface area contributed by atoms with Crippen LogP contribution in [0, 0.1) is 0 Å². The number of carbonyl (C=O) groups excluding carboxylic acids is 8. The molecule has 8 rings (SSSR count). The van der Waals surface area contributed by atoms with Crippen molar-refractivity contribution in [3.63, 3.8) is 0 Å². The fourth-order valence-corrected chi connectivity index (χ4v) is 10.1. The maximum Gasteiger partial charge on any atom is 0.319 e. The molecule has 0 spiro atoms. The van der Waals surface area contributed by atoms with Gasteiger partial charge in [0, 0.05) is 86.3 Å². The second-order valence-corrected chi connectivity index (χ2v) is 19.2. The van der Waals surface area contributed by atoms with Crippen LogP contribution < -0.4 is 36.4 Å². The summed E-state index contributed by atoms with van der Waals surface area (Å²) >= 11 is 2.76. The predicted molar refractivity (Wildman–Crippen MR) is 248 cm³/mol. The number of nitrogens with one attached hydrogen (secondary N) is 5. The monoisotopic (exact) mass is 923 g/mol. The Kier molecular flexibility index (Phi) is 14.0. The van der Waals surface area contributed by atoms with Crippen molar-refractivity contribution < 1.29 is 38.4 Å². The largest absolute Gasteiger partial charge is 0.378 e. The number of urea groups is 1. The van der Waals surface area contributed by atoms with Gasteiger partial charge in [-0.05, 0) is 77.4 Å². The van der Waals surface area contributed by atoms with Crippen LogP contribution in [0.1, 0.15) is 97.5 Å². The predicted octanol–water partition coefficient (Wildman–Crippen LogP) is 4.45. The van der Waals surface area contributed by atoms with Gasteiger partial charge in [-0.15, -0.1) is 22.7 Å². The van der Waals surface area contributed by atoms with Gasteiger partial charge in [0.2, 0.25) is 29.5 Å². The van der Waals surface area contributed by atoms with E-state index in [-0.39, 0.29) is 54.8 Å². The Morgan fingerprint density at radius 3 is 1.98 bits per heavy atom. The third kappa shape index (κ3) is 10.7. The fraction of sp³-hybridized carbons (Fsp3) is 0.391. The van der Waals surface area contributed by atoms with Crippen molar-refractivity contribution in [1.29, 1.82) is 0 Å². The van der Waals surface area contributed by atoms with E-state index in [1.54, 1.807) is 5.38 Å². The second-order valence-electron chi connectivity index (χ2n) is 17.1. The Bertz CT molecular complexity index is 2520. The highest BCUT2D eigenvalue weighted by molar-refractivity contribution is 7.14. The third-order valence-electron chi connectivity index (χ3n) is 11.7. The van der Waals surface area contributed by atoms with Crippen molar-refractivity contribution in [2.75, 3.05) is 43.3 Å². The van der Waals surface area contributed by atoms with Crippen molar-refractivity contribution in [1.82, 2.24) is 31.1 Å². The van der Waals surface area contributed by atoms with Crippen LogP contribution >= 0.6 is 22.7 Å². The van der Waals surface area contributed by atoms with Gasteiger partial charge in [0.1, 0.15) is 12.1 Å². The van der Waals surface area contributed by atoms with E-state index in [0.29, 0.717) is 55.4 Å². The zero-order valence-corrected chi connectivity index (χ0v) is 38.8. The quantitative estimate of drug-likeness (QED) is 0.126. The van der Waals surface area contributed by atoms with Crippen LogP contribution in [0.15, 0.2) is 53.9 Å². The minimum absolute atomic E-state index is 0.0916. The van der Waals surface area contributed by atoms with Crippen molar-refractivity contribution in [2.45, 2.75) is 90.1 Å². The molecule has 4 aliphatic rings. The Morgan fingerprint density at radius 1 is 0.769 bits per heavy atom. The van der Waals surface area contributed by atoms with Gasteiger partial charge < -0.3 is 35.6 Å². The fourth-order valence-electron chi connectivity index (χ4n) is 8.02. The Hall–Kier alpha value is -6.60. The van der Waals surface area contributed by atoms with Gasteiger partial charge >= 0.3 is 6.03 Å². The molecule has 0 radical (unpaired) electrons. The zero-order chi connectivity index (χ0) is 46.7. The first-order chi connectivity index (χ1) is 30.9. The van der Waals surface area contributed by atoms with Crippen molar-refractivity contribution >= 4 is 87.1 Å². The number of anilines is 3. The number of rotatable bonds is 12. The Morgan fingerprint density at radius 2 is 1.40 bits per heavy atom. The maximum atomic E-state index is 12.9. The summed E-state index contributed by atoms with van der Waals surface area (Å²) < 4.78 is 0. The topological polar surface area (TPSA) is 210 Å². The van der Waals surface area contributed by atoms with E-state index in [4.69, 9.17) is 0 Å². The van der Waals surface area contributed by atoms with Gasteiger partial charge in [0.15, 0.2) is 0 Å². The lowest BCUT2D eigenvalue weighted by Gasteiger charge is -2.29. The van der Waals surface area contributed by atoms with Crippen LogP contribution in [0.4, 0.5) is 21.9 Å². The van der Waals surface area contributed by atoms with Gasteiger partial charge in [-0.1, -0.05) is 26.0 Å². The van der Waals surface area contributed by atoms with Crippen LogP contribution in [0.2, 0.25) is 0 Å². The first kappa shape index (κ1) is 46.4. The van der Waals surface area contributed by atoms with Crippen LogP contribution in [0.5, 0.6) is 0 Å². The van der Waals surface area contributed by atoms with Crippen molar-refractivity contribution in [3.8, 4) is 0 Å². The van der Waals surface area contributed by atoms with E-state index in [1.165, 1.54) is 32.5 Å². The molecular weight excluding hydrogens is 871 g/mol. The number of piperidine rings is 2. The molecule has 0 bridgehead atoms. The summed E-state index contributed by atoms with van der Waals surface area (Å²) in [6.45, 7) is 5.50. The molecule has 2 aromatic carbocycles. The molecule has 4 aliphatic heterocycles. The standard InChI is InChI=1S/C24H29N5O4S.C22H24N4O4S/c1-13(2)14-7-16(10-17(8-14)28(3)4)26-24(33)25-11-18-9-15-12-29(23(32)21(15)34-18)19-5-6-20(30)27-22(19)31;1-25(2)14-5-3-13(4-6-14)9-20(28)23-10-18-15-11-26(22(30)16(15)12-31-18)17-7-8-19(27)24-21(17)29/h7-10,13,19H,5-6,11-12H2,1-4H3,(H2,25,26,33)(H,27,30,31);3-6,12,17H,7-11H2,1-2H3,(H,23,28)(H,24,27,29). The maximum absolute atomic E-state index is 12.9. The summed E-state index contributed by atoms with van der Waals surface area (Å²) in [5.41, 5.74) is 7.15. The Balaban J connectivity index is 0.000000195. The van der Waals surface area contributed by atoms with Gasteiger partial charge in [0.05, 0.1) is 30.0 Å². The molecule has 4 aromatic rings. The third-order valence-corrected chi connectivity index (χ3v) is 13.9. The molecule has 2 fully saturated rings. The van der Waals surface area contributed by atoms with Crippen LogP contribution in [-0.2, 0) is 56.6 Å². The molecule has 2 unspecified atom stereocenters. The number of hydrogen-bond acceptors (Lipinski definition) is 12. The van der Waals surface area contributed by atoms with Crippen LogP contribution in [-0.4, -0.2) is 97.5 Å². The van der Waals surface area contributed by atoms with Gasteiger partial charge in [0.25, 0.3) is 11.8 Å². The zero-order valence-electron chi connectivity index (χ0n) is 37.2. The highest BCUT2D eigenvalue weighted by atomic mass is 32.1. The number of imide groups is 2. The summed E-state index contributed by atoms with van der Waals surface area (Å²) in [5.74, 6) is -1.61. The smallest absolute Gasteiger partial charge is 0.319 e. The summed E-state index contributed by atoms with van der Waals surface area (Å²) in [6, 6.07) is 14.2. The molecule has 6 heterocycles. The number of amides is 9. The molecule has 2 saturated heterocycles. The molecule has 0 aliphatic carbocycles. The van der Waals surface area contributed by atoms with Gasteiger partial charge in [-0.3, -0.25) is 44.2 Å².